The number of ether oxygens (including phenoxy) is 1. The van der Waals surface area contributed by atoms with E-state index in [0.29, 0.717) is 59.2 Å². The first-order valence-corrected chi connectivity index (χ1v) is 14.9. The molecule has 0 atom stereocenters. The van der Waals surface area contributed by atoms with E-state index in [9.17, 15) is 24.0 Å². The molecule has 0 bridgehead atoms. The lowest BCUT2D eigenvalue weighted by Crippen LogP contribution is -2.40. The lowest BCUT2D eigenvalue weighted by atomic mass is 9.89. The molecule has 14 nitrogen and oxygen atoms in total. The van der Waals surface area contributed by atoms with Crippen molar-refractivity contribution in [3.05, 3.63) is 42.1 Å². The number of fused-ring (bicyclic) bond motifs is 2. The van der Waals surface area contributed by atoms with E-state index in [1.54, 1.807) is 35.0 Å². The molecule has 0 spiro atoms. The fourth-order valence-corrected chi connectivity index (χ4v) is 5.64. The third kappa shape index (κ3) is 7.03. The van der Waals surface area contributed by atoms with Gasteiger partial charge in [0.25, 0.3) is 0 Å². The van der Waals surface area contributed by atoms with Crippen LogP contribution >= 0.6 is 0 Å². The van der Waals surface area contributed by atoms with E-state index in [2.05, 4.69) is 25.5 Å². The van der Waals surface area contributed by atoms with Crippen molar-refractivity contribution < 1.29 is 33.1 Å². The number of aromatic nitrogens is 5. The highest BCUT2D eigenvalue weighted by atomic mass is 19.1. The molecule has 1 saturated heterocycles. The van der Waals surface area contributed by atoms with Crippen LogP contribution < -0.4 is 10.6 Å². The largest absolute Gasteiger partial charge is 0.468 e. The number of carbonyl (C=O) groups excluding carboxylic acids is 5. The van der Waals surface area contributed by atoms with Gasteiger partial charge in [0.05, 0.1) is 36.4 Å². The summed E-state index contributed by atoms with van der Waals surface area (Å²) >= 11 is 0. The van der Waals surface area contributed by atoms with Crippen LogP contribution in [-0.2, 0) is 42.3 Å². The third-order valence-electron chi connectivity index (χ3n) is 8.11. The van der Waals surface area contributed by atoms with Gasteiger partial charge in [-0.25, -0.2) is 14.1 Å². The number of halogens is 1. The number of nitrogens with one attached hydrogen (secondary N) is 2. The van der Waals surface area contributed by atoms with Crippen molar-refractivity contribution in [3.63, 3.8) is 0 Å². The molecule has 46 heavy (non-hydrogen) atoms. The van der Waals surface area contributed by atoms with Crippen molar-refractivity contribution in [2.75, 3.05) is 33.3 Å². The summed E-state index contributed by atoms with van der Waals surface area (Å²) in [6.45, 7) is 1.41. The number of nitrogens with zero attached hydrogens (tertiary/aromatic N) is 6. The van der Waals surface area contributed by atoms with E-state index < -0.39 is 23.6 Å². The Morgan fingerprint density at radius 3 is 2.48 bits per heavy atom. The van der Waals surface area contributed by atoms with Crippen molar-refractivity contribution in [1.29, 1.82) is 0 Å². The molecule has 2 N–H and O–H groups in total. The average molecular weight is 635 g/mol. The first-order valence-electron chi connectivity index (χ1n) is 14.9. The van der Waals surface area contributed by atoms with Gasteiger partial charge in [0.2, 0.25) is 17.7 Å². The highest BCUT2D eigenvalue weighted by Crippen LogP contribution is 2.39. The molecule has 1 aliphatic rings. The summed E-state index contributed by atoms with van der Waals surface area (Å²) in [4.78, 5) is 66.6. The molecular weight excluding hydrogens is 599 g/mol. The van der Waals surface area contributed by atoms with Gasteiger partial charge in [-0.3, -0.25) is 23.9 Å². The summed E-state index contributed by atoms with van der Waals surface area (Å²) < 4.78 is 23.2. The minimum atomic E-state index is -0.623. The van der Waals surface area contributed by atoms with Crippen LogP contribution in [0.1, 0.15) is 44.2 Å². The molecule has 0 unspecified atom stereocenters. The van der Waals surface area contributed by atoms with Gasteiger partial charge in [-0.15, -0.1) is 0 Å². The Balaban J connectivity index is 1.45. The quantitative estimate of drug-likeness (QED) is 0.233. The summed E-state index contributed by atoms with van der Waals surface area (Å²) in [7, 11) is 2.97. The predicted molar refractivity (Wildman–Crippen MR) is 164 cm³/mol. The van der Waals surface area contributed by atoms with E-state index in [-0.39, 0.29) is 50.1 Å². The van der Waals surface area contributed by atoms with Crippen LogP contribution in [-0.4, -0.2) is 92.2 Å². The number of hydrogen-bond donors (Lipinski definition) is 2. The maximum Gasteiger partial charge on any atom is 0.325 e. The second kappa shape index (κ2) is 13.8. The molecule has 0 radical (unpaired) electrons. The minimum Gasteiger partial charge on any atom is -0.468 e. The van der Waals surface area contributed by atoms with Crippen LogP contribution in [0.2, 0.25) is 0 Å². The Kier molecular flexibility index (Phi) is 9.68. The molecule has 3 amide bonds. The molecule has 4 aromatic rings. The monoisotopic (exact) mass is 634 g/mol. The number of aryl methyl sites for hydroxylation is 1. The first kappa shape index (κ1) is 32.2. The van der Waals surface area contributed by atoms with Gasteiger partial charge in [-0.1, -0.05) is 0 Å². The number of piperidine rings is 1. The van der Waals surface area contributed by atoms with Gasteiger partial charge in [0, 0.05) is 56.0 Å². The molecule has 1 aliphatic heterocycles. The van der Waals surface area contributed by atoms with Crippen LogP contribution in [0.15, 0.2) is 30.6 Å². The molecule has 5 rings (SSSR count). The minimum absolute atomic E-state index is 0.0392. The van der Waals surface area contributed by atoms with E-state index in [4.69, 9.17) is 5.10 Å². The van der Waals surface area contributed by atoms with Crippen molar-refractivity contribution in [2.45, 2.75) is 45.1 Å². The van der Waals surface area contributed by atoms with Gasteiger partial charge in [0.1, 0.15) is 24.7 Å². The molecule has 242 valence electrons. The van der Waals surface area contributed by atoms with E-state index in [1.165, 1.54) is 31.0 Å². The van der Waals surface area contributed by atoms with Crippen LogP contribution in [0.5, 0.6) is 0 Å². The first-order chi connectivity index (χ1) is 22.0. The lowest BCUT2D eigenvalue weighted by molar-refractivity contribution is -0.141. The number of rotatable bonds is 11. The molecule has 15 heteroatoms. The Morgan fingerprint density at radius 1 is 1.02 bits per heavy atom. The van der Waals surface area contributed by atoms with E-state index in [0.717, 1.165) is 5.52 Å². The average Bonchev–Trinajstić information content (AvgIpc) is 3.60. The van der Waals surface area contributed by atoms with Gasteiger partial charge in [-0.2, -0.15) is 10.2 Å². The summed E-state index contributed by atoms with van der Waals surface area (Å²) in [6.07, 6.45) is 4.63. The zero-order chi connectivity index (χ0) is 33.0. The molecule has 0 saturated carbocycles. The van der Waals surface area contributed by atoms with Gasteiger partial charge in [0.15, 0.2) is 5.65 Å². The topological polar surface area (TPSA) is 170 Å². The molecule has 3 aromatic heterocycles. The Bertz CT molecular complexity index is 1820. The van der Waals surface area contributed by atoms with Crippen molar-refractivity contribution in [1.82, 2.24) is 40.1 Å². The van der Waals surface area contributed by atoms with Gasteiger partial charge < -0.3 is 25.1 Å². The van der Waals surface area contributed by atoms with Crippen LogP contribution in [0.4, 0.5) is 4.39 Å². The zero-order valence-electron chi connectivity index (χ0n) is 25.8. The lowest BCUT2D eigenvalue weighted by Gasteiger charge is -2.31. The number of pyridine rings is 1. The summed E-state index contributed by atoms with van der Waals surface area (Å²) in [6, 6.07) is 4.87. The predicted octanol–water partition coefficient (Wildman–Crippen LogP) is 1.60. The fraction of sp³-hybridized carbons (Fsp3) is 0.419. The Hall–Kier alpha value is -5.21. The molecule has 1 aromatic carbocycles. The number of amides is 3. The Labute approximate surface area is 263 Å². The highest BCUT2D eigenvalue weighted by Gasteiger charge is 2.30. The standard InChI is InChI=1S/C31H35FN8O6/c1-18(41)4-5-27(44)39-10-7-19(8-11-39)30-29-21(22-13-24-20(12-23(22)32)14-36-38(24)2)6-9-33-31(29)40(37-30)17-26(43)34-15-25(42)35-16-28(45)46-3/h6,9,12-14,19H,4-5,7-8,10-11,15-17H2,1-3H3,(H,34,43)(H,35,42). The van der Waals surface area contributed by atoms with E-state index >= 15 is 4.39 Å². The van der Waals surface area contributed by atoms with Crippen molar-refractivity contribution in [3.8, 4) is 11.1 Å². The second-order valence-corrected chi connectivity index (χ2v) is 11.2. The molecule has 4 heterocycles. The summed E-state index contributed by atoms with van der Waals surface area (Å²) in [5.74, 6) is -2.41. The normalized spacial score (nSPS) is 13.6. The van der Waals surface area contributed by atoms with Crippen molar-refractivity contribution in [2.24, 2.45) is 7.05 Å². The van der Waals surface area contributed by atoms with Gasteiger partial charge in [-0.05, 0) is 43.5 Å². The fourth-order valence-electron chi connectivity index (χ4n) is 5.64. The van der Waals surface area contributed by atoms with Gasteiger partial charge >= 0.3 is 5.97 Å². The number of carbonyl (C=O) groups is 5. The maximum absolute atomic E-state index is 15.6. The number of Topliss-reactive ketones (excluding diaryl/α,β-unsaturated/α-hetero) is 1. The number of benzene rings is 1. The smallest absolute Gasteiger partial charge is 0.325 e. The van der Waals surface area contributed by atoms with Crippen LogP contribution in [0.25, 0.3) is 33.1 Å². The third-order valence-corrected chi connectivity index (χ3v) is 8.11. The number of methoxy groups -OCH3 is 1. The molecular formula is C31H35FN8O6. The Morgan fingerprint density at radius 2 is 1.76 bits per heavy atom. The SMILES string of the molecule is COC(=O)CNC(=O)CNC(=O)Cn1nc(C2CCN(C(=O)CCC(C)=O)CC2)c2c(-c3cc4c(cnn4C)cc3F)ccnc21. The maximum atomic E-state index is 15.6. The van der Waals surface area contributed by atoms with Crippen LogP contribution in [0.3, 0.4) is 0 Å². The highest BCUT2D eigenvalue weighted by molar-refractivity contribution is 5.98. The van der Waals surface area contributed by atoms with E-state index in [1.807, 2.05) is 0 Å². The number of ketones is 1. The number of esters is 1. The second-order valence-electron chi connectivity index (χ2n) is 11.2. The summed E-state index contributed by atoms with van der Waals surface area (Å²) in [5.41, 5.74) is 2.60. The summed E-state index contributed by atoms with van der Waals surface area (Å²) in [5, 5.41) is 15.2. The molecule has 1 fully saturated rings. The van der Waals surface area contributed by atoms with Crippen molar-refractivity contribution >= 4 is 51.4 Å². The number of hydrogen-bond acceptors (Lipinski definition) is 9. The van der Waals surface area contributed by atoms with Crippen LogP contribution in [0, 0.1) is 5.82 Å². The number of likely N-dealkylation sites (tertiary alicyclic amines) is 1. The molecule has 0 aliphatic carbocycles. The zero-order valence-corrected chi connectivity index (χ0v) is 25.8.